The highest BCUT2D eigenvalue weighted by Crippen LogP contribution is 2.25. The van der Waals surface area contributed by atoms with Crippen LogP contribution in [0.5, 0.6) is 0 Å². The van der Waals surface area contributed by atoms with Crippen molar-refractivity contribution in [1.29, 1.82) is 0 Å². The lowest BCUT2D eigenvalue weighted by molar-refractivity contribution is 0.190. The lowest BCUT2D eigenvalue weighted by Gasteiger charge is -2.29. The van der Waals surface area contributed by atoms with Crippen molar-refractivity contribution in [3.63, 3.8) is 0 Å². The molecule has 1 atom stereocenters. The fourth-order valence-corrected chi connectivity index (χ4v) is 5.14. The number of amides is 2. The minimum Gasteiger partial charge on any atom is -0.316 e. The molecule has 0 unspecified atom stereocenters. The summed E-state index contributed by atoms with van der Waals surface area (Å²) < 4.78 is 24.0. The van der Waals surface area contributed by atoms with Crippen molar-refractivity contribution >= 4 is 21.6 Å². The van der Waals surface area contributed by atoms with E-state index in [4.69, 9.17) is 0 Å². The van der Waals surface area contributed by atoms with Crippen LogP contribution in [0.3, 0.4) is 0 Å². The molecule has 1 fully saturated rings. The molecule has 0 radical (unpaired) electrons. The number of para-hydroxylation sites is 1. The van der Waals surface area contributed by atoms with E-state index in [1.807, 2.05) is 42.5 Å². The maximum absolute atomic E-state index is 13.0. The van der Waals surface area contributed by atoms with Crippen LogP contribution in [0.25, 0.3) is 0 Å². The van der Waals surface area contributed by atoms with Gasteiger partial charge in [0.05, 0.1) is 11.5 Å². The zero-order chi connectivity index (χ0) is 20.4. The predicted octanol–water partition coefficient (Wildman–Crippen LogP) is 4.21. The van der Waals surface area contributed by atoms with E-state index >= 15 is 0 Å². The molecule has 0 bridgehead atoms. The second kappa shape index (κ2) is 7.95. The molecule has 5 nitrogen and oxygen atoms in total. The molecule has 2 aromatic carbocycles. The topological polar surface area (TPSA) is 66.5 Å². The standard InChI is InChI=1S/C22H28N2O3S/c1-22(2,3)18-11-9-17(10-12-18)15-24(20-13-14-28(26,27)16-20)21(25)23-19-7-5-4-6-8-19/h4-12,20H,13-16H2,1-3H3,(H,23,25)/t20-/m1/s1. The molecule has 1 saturated heterocycles. The average Bonchev–Trinajstić information content (AvgIpc) is 2.99. The number of urea groups is 1. The number of benzene rings is 2. The SMILES string of the molecule is CC(C)(C)c1ccc(CN(C(=O)Nc2ccccc2)[C@@H]2CCS(=O)(=O)C2)cc1. The van der Waals surface area contributed by atoms with Gasteiger partial charge in [0.1, 0.15) is 0 Å². The first-order valence-electron chi connectivity index (χ1n) is 9.56. The Kier molecular flexibility index (Phi) is 5.79. The van der Waals surface area contributed by atoms with E-state index in [0.29, 0.717) is 18.7 Å². The molecule has 0 aliphatic carbocycles. The first-order chi connectivity index (χ1) is 13.1. The molecule has 1 aliphatic rings. The van der Waals surface area contributed by atoms with Gasteiger partial charge in [0.25, 0.3) is 0 Å². The van der Waals surface area contributed by atoms with Crippen LogP contribution in [-0.2, 0) is 21.8 Å². The Bertz CT molecular complexity index is 917. The van der Waals surface area contributed by atoms with E-state index < -0.39 is 9.84 Å². The summed E-state index contributed by atoms with van der Waals surface area (Å²) in [5, 5.41) is 2.89. The van der Waals surface area contributed by atoms with Crippen LogP contribution in [-0.4, -0.2) is 36.9 Å². The summed E-state index contributed by atoms with van der Waals surface area (Å²) in [6, 6.07) is 16.8. The van der Waals surface area contributed by atoms with Crippen LogP contribution in [0.4, 0.5) is 10.5 Å². The van der Waals surface area contributed by atoms with Crippen LogP contribution in [0, 0.1) is 0 Å². The Morgan fingerprint density at radius 3 is 2.25 bits per heavy atom. The third-order valence-electron chi connectivity index (χ3n) is 5.11. The van der Waals surface area contributed by atoms with Gasteiger partial charge in [-0.3, -0.25) is 0 Å². The monoisotopic (exact) mass is 400 g/mol. The van der Waals surface area contributed by atoms with Crippen LogP contribution >= 0.6 is 0 Å². The van der Waals surface area contributed by atoms with Crippen LogP contribution in [0.1, 0.15) is 38.3 Å². The zero-order valence-corrected chi connectivity index (χ0v) is 17.5. The lowest BCUT2D eigenvalue weighted by Crippen LogP contribution is -2.43. The van der Waals surface area contributed by atoms with Gasteiger partial charge in [-0.1, -0.05) is 63.2 Å². The van der Waals surface area contributed by atoms with E-state index in [2.05, 4.69) is 38.2 Å². The minimum atomic E-state index is -3.09. The molecular formula is C22H28N2O3S. The molecular weight excluding hydrogens is 372 g/mol. The normalized spacial score (nSPS) is 18.6. The highest BCUT2D eigenvalue weighted by Gasteiger charge is 2.34. The van der Waals surface area contributed by atoms with Crippen LogP contribution in [0.2, 0.25) is 0 Å². The van der Waals surface area contributed by atoms with Crippen molar-refractivity contribution in [2.24, 2.45) is 0 Å². The van der Waals surface area contributed by atoms with Gasteiger partial charge >= 0.3 is 6.03 Å². The summed E-state index contributed by atoms with van der Waals surface area (Å²) in [5.41, 5.74) is 2.96. The van der Waals surface area contributed by atoms with Crippen LogP contribution in [0.15, 0.2) is 54.6 Å². The van der Waals surface area contributed by atoms with Gasteiger partial charge in [-0.05, 0) is 35.1 Å². The van der Waals surface area contributed by atoms with E-state index in [1.54, 1.807) is 4.90 Å². The highest BCUT2D eigenvalue weighted by molar-refractivity contribution is 7.91. The first-order valence-corrected chi connectivity index (χ1v) is 11.4. The Morgan fingerprint density at radius 1 is 1.07 bits per heavy atom. The fourth-order valence-electron chi connectivity index (χ4n) is 3.41. The second-order valence-electron chi connectivity index (χ2n) is 8.43. The summed E-state index contributed by atoms with van der Waals surface area (Å²) in [5.74, 6) is 0.158. The molecule has 28 heavy (non-hydrogen) atoms. The molecule has 2 amide bonds. The molecule has 1 aliphatic heterocycles. The second-order valence-corrected chi connectivity index (χ2v) is 10.7. The molecule has 150 valence electrons. The Morgan fingerprint density at radius 2 is 1.71 bits per heavy atom. The third kappa shape index (κ3) is 5.13. The van der Waals surface area contributed by atoms with E-state index in [9.17, 15) is 13.2 Å². The molecule has 0 spiro atoms. The zero-order valence-electron chi connectivity index (χ0n) is 16.7. The van der Waals surface area contributed by atoms with E-state index in [0.717, 1.165) is 5.56 Å². The third-order valence-corrected chi connectivity index (χ3v) is 6.86. The summed E-state index contributed by atoms with van der Waals surface area (Å²) in [6.45, 7) is 6.85. The van der Waals surface area contributed by atoms with Gasteiger partial charge < -0.3 is 10.2 Å². The summed E-state index contributed by atoms with van der Waals surface area (Å²) >= 11 is 0. The number of anilines is 1. The number of nitrogens with one attached hydrogen (secondary N) is 1. The Balaban J connectivity index is 1.81. The number of nitrogens with zero attached hydrogens (tertiary/aromatic N) is 1. The number of carbonyl (C=O) groups is 1. The fraction of sp³-hybridized carbons (Fsp3) is 0.409. The molecule has 0 aromatic heterocycles. The quantitative estimate of drug-likeness (QED) is 0.836. The van der Waals surface area contributed by atoms with E-state index in [-0.39, 0.29) is 29.0 Å². The maximum atomic E-state index is 13.0. The Labute approximate surface area is 167 Å². The molecule has 6 heteroatoms. The van der Waals surface area contributed by atoms with Gasteiger partial charge in [-0.15, -0.1) is 0 Å². The molecule has 3 rings (SSSR count). The highest BCUT2D eigenvalue weighted by atomic mass is 32.2. The molecule has 1 heterocycles. The van der Waals surface area contributed by atoms with Gasteiger partial charge in [0, 0.05) is 18.3 Å². The summed E-state index contributed by atoms with van der Waals surface area (Å²) in [4.78, 5) is 14.6. The number of hydrogen-bond donors (Lipinski definition) is 1. The van der Waals surface area contributed by atoms with Gasteiger partial charge in [-0.2, -0.15) is 0 Å². The van der Waals surface area contributed by atoms with Crippen LogP contribution < -0.4 is 5.32 Å². The molecule has 2 aromatic rings. The van der Waals surface area contributed by atoms with Crippen molar-refractivity contribution < 1.29 is 13.2 Å². The van der Waals surface area contributed by atoms with Gasteiger partial charge in [-0.25, -0.2) is 13.2 Å². The Hall–Kier alpha value is -2.34. The first kappa shape index (κ1) is 20.4. The van der Waals surface area contributed by atoms with Crippen molar-refractivity contribution in [1.82, 2.24) is 4.90 Å². The largest absolute Gasteiger partial charge is 0.322 e. The molecule has 0 saturated carbocycles. The van der Waals surface area contributed by atoms with Crippen molar-refractivity contribution in [2.75, 3.05) is 16.8 Å². The van der Waals surface area contributed by atoms with Crippen molar-refractivity contribution in [2.45, 2.75) is 45.2 Å². The van der Waals surface area contributed by atoms with Crippen molar-refractivity contribution in [3.8, 4) is 0 Å². The number of sulfone groups is 1. The summed E-state index contributed by atoms with van der Waals surface area (Å²) in [7, 11) is -3.09. The number of rotatable bonds is 4. The maximum Gasteiger partial charge on any atom is 0.322 e. The van der Waals surface area contributed by atoms with E-state index in [1.165, 1.54) is 5.56 Å². The average molecular weight is 401 g/mol. The van der Waals surface area contributed by atoms with Gasteiger partial charge in [0.15, 0.2) is 9.84 Å². The number of hydrogen-bond acceptors (Lipinski definition) is 3. The summed E-state index contributed by atoms with van der Waals surface area (Å²) in [6.07, 6.45) is 0.477. The number of carbonyl (C=O) groups excluding carboxylic acids is 1. The van der Waals surface area contributed by atoms with Crippen molar-refractivity contribution in [3.05, 3.63) is 65.7 Å². The molecule has 1 N–H and O–H groups in total. The smallest absolute Gasteiger partial charge is 0.316 e. The predicted molar refractivity (Wildman–Crippen MR) is 113 cm³/mol. The van der Waals surface area contributed by atoms with Gasteiger partial charge in [0.2, 0.25) is 0 Å². The minimum absolute atomic E-state index is 0.0231. The lowest BCUT2D eigenvalue weighted by atomic mass is 9.87.